The lowest BCUT2D eigenvalue weighted by molar-refractivity contribution is -0.122. The fourth-order valence-electron chi connectivity index (χ4n) is 3.20. The Morgan fingerprint density at radius 3 is 2.30 bits per heavy atom. The van der Waals surface area contributed by atoms with Crippen LogP contribution < -0.4 is 15.0 Å². The van der Waals surface area contributed by atoms with Crippen molar-refractivity contribution in [1.82, 2.24) is 5.32 Å². The first kappa shape index (κ1) is 23.9. The molecule has 1 N–H and O–H groups in total. The lowest BCUT2D eigenvalue weighted by Crippen LogP contribution is -2.54. The van der Waals surface area contributed by atoms with Crippen molar-refractivity contribution in [2.45, 2.75) is 6.61 Å². The lowest BCUT2D eigenvalue weighted by atomic mass is 10.1. The summed E-state index contributed by atoms with van der Waals surface area (Å²) in [4.78, 5) is 38.9. The van der Waals surface area contributed by atoms with Crippen LogP contribution in [0, 0.1) is 7.14 Å². The monoisotopic (exact) mass is 728 g/mol. The summed E-state index contributed by atoms with van der Waals surface area (Å²) in [5, 5.41) is 2.24. The number of urea groups is 1. The standard InChI is InChI=1S/C24H15BrI2N2O4/c25-16-7-4-8-17(12-16)29-23(31)18(22(30)28-24(29)32)9-15-10-19(26)21(20(27)11-15)33-13-14-5-2-1-3-6-14/h1-12H,13H2,(H,28,30,32)/b18-9+. The van der Waals surface area contributed by atoms with Crippen molar-refractivity contribution in [2.24, 2.45) is 0 Å². The first-order chi connectivity index (χ1) is 15.8. The molecule has 9 heteroatoms. The number of carbonyl (C=O) groups excluding carboxylic acids is 3. The Morgan fingerprint density at radius 1 is 0.939 bits per heavy atom. The normalized spacial score (nSPS) is 15.1. The summed E-state index contributed by atoms with van der Waals surface area (Å²) in [5.74, 6) is -0.686. The maximum atomic E-state index is 13.1. The van der Waals surface area contributed by atoms with Crippen molar-refractivity contribution in [3.8, 4) is 5.75 Å². The molecule has 1 aliphatic rings. The van der Waals surface area contributed by atoms with E-state index in [1.54, 1.807) is 24.3 Å². The zero-order valence-electron chi connectivity index (χ0n) is 16.8. The van der Waals surface area contributed by atoms with E-state index in [2.05, 4.69) is 66.4 Å². The van der Waals surface area contributed by atoms with Crippen LogP contribution >= 0.6 is 61.1 Å². The van der Waals surface area contributed by atoms with Crippen molar-refractivity contribution >= 4 is 90.7 Å². The molecule has 0 bridgehead atoms. The quantitative estimate of drug-likeness (QED) is 0.202. The van der Waals surface area contributed by atoms with Crippen molar-refractivity contribution < 1.29 is 19.1 Å². The Kier molecular flexibility index (Phi) is 7.49. The zero-order valence-corrected chi connectivity index (χ0v) is 22.8. The molecular formula is C24H15BrI2N2O4. The fourth-order valence-corrected chi connectivity index (χ4v) is 5.72. The first-order valence-corrected chi connectivity index (χ1v) is 12.6. The summed E-state index contributed by atoms with van der Waals surface area (Å²) >= 11 is 7.67. The van der Waals surface area contributed by atoms with Gasteiger partial charge in [-0.2, -0.15) is 0 Å². The second-order valence-electron chi connectivity index (χ2n) is 7.03. The van der Waals surface area contributed by atoms with Crippen LogP contribution in [0.1, 0.15) is 11.1 Å². The number of barbiturate groups is 1. The molecule has 0 aromatic heterocycles. The highest BCUT2D eigenvalue weighted by atomic mass is 127. The van der Waals surface area contributed by atoms with Crippen LogP contribution in [0.15, 0.2) is 76.8 Å². The number of nitrogens with zero attached hydrogens (tertiary/aromatic N) is 1. The highest BCUT2D eigenvalue weighted by Crippen LogP contribution is 2.31. The van der Waals surface area contributed by atoms with Gasteiger partial charge in [-0.15, -0.1) is 0 Å². The van der Waals surface area contributed by atoms with Gasteiger partial charge in [0.15, 0.2) is 0 Å². The summed E-state index contributed by atoms with van der Waals surface area (Å²) in [6, 6.07) is 19.5. The Morgan fingerprint density at radius 2 is 1.64 bits per heavy atom. The van der Waals surface area contributed by atoms with Crippen LogP contribution in [0.2, 0.25) is 0 Å². The molecule has 0 aliphatic carbocycles. The topological polar surface area (TPSA) is 75.7 Å². The smallest absolute Gasteiger partial charge is 0.335 e. The Bertz CT molecular complexity index is 1270. The number of anilines is 1. The molecule has 1 fully saturated rings. The predicted octanol–water partition coefficient (Wildman–Crippen LogP) is 5.90. The molecule has 3 aromatic rings. The Labute approximate surface area is 225 Å². The van der Waals surface area contributed by atoms with Gasteiger partial charge in [-0.05, 0) is 92.7 Å². The van der Waals surface area contributed by atoms with Gasteiger partial charge in [0.25, 0.3) is 11.8 Å². The second-order valence-corrected chi connectivity index (χ2v) is 10.3. The number of amides is 4. The summed E-state index contributed by atoms with van der Waals surface area (Å²) < 4.78 is 8.39. The molecule has 1 saturated heterocycles. The Balaban J connectivity index is 1.62. The number of benzene rings is 3. The average molecular weight is 729 g/mol. The molecule has 0 atom stereocenters. The molecule has 0 unspecified atom stereocenters. The third kappa shape index (κ3) is 5.46. The molecule has 6 nitrogen and oxygen atoms in total. The third-order valence-electron chi connectivity index (χ3n) is 4.73. The van der Waals surface area contributed by atoms with E-state index >= 15 is 0 Å². The molecule has 0 radical (unpaired) electrons. The minimum absolute atomic E-state index is 0.126. The van der Waals surface area contributed by atoms with Gasteiger partial charge in [0, 0.05) is 4.47 Å². The number of hydrogen-bond donors (Lipinski definition) is 1. The number of rotatable bonds is 5. The van der Waals surface area contributed by atoms with E-state index in [0.717, 1.165) is 23.4 Å². The highest BCUT2D eigenvalue weighted by Gasteiger charge is 2.36. The van der Waals surface area contributed by atoms with Crippen LogP contribution in [0.3, 0.4) is 0 Å². The van der Waals surface area contributed by atoms with E-state index in [0.29, 0.717) is 22.3 Å². The summed E-state index contributed by atoms with van der Waals surface area (Å²) in [5.41, 5.74) is 1.94. The molecular weight excluding hydrogens is 714 g/mol. The molecule has 4 amide bonds. The lowest BCUT2D eigenvalue weighted by Gasteiger charge is -2.26. The van der Waals surface area contributed by atoms with Crippen LogP contribution in [0.25, 0.3) is 6.08 Å². The molecule has 4 rings (SSSR count). The molecule has 3 aromatic carbocycles. The van der Waals surface area contributed by atoms with Crippen LogP contribution in [-0.2, 0) is 16.2 Å². The van der Waals surface area contributed by atoms with Crippen LogP contribution in [0.4, 0.5) is 10.5 Å². The maximum Gasteiger partial charge on any atom is 0.335 e. The summed E-state index contributed by atoms with van der Waals surface area (Å²) in [6.45, 7) is 0.428. The van der Waals surface area contributed by atoms with Gasteiger partial charge in [-0.3, -0.25) is 14.9 Å². The minimum atomic E-state index is -0.783. The molecule has 33 heavy (non-hydrogen) atoms. The highest BCUT2D eigenvalue weighted by molar-refractivity contribution is 14.1. The van der Waals surface area contributed by atoms with Gasteiger partial charge >= 0.3 is 6.03 Å². The molecule has 1 heterocycles. The fraction of sp³-hybridized carbons (Fsp3) is 0.0417. The van der Waals surface area contributed by atoms with Crippen LogP contribution in [0.5, 0.6) is 5.75 Å². The number of carbonyl (C=O) groups is 3. The zero-order chi connectivity index (χ0) is 23.5. The van der Waals surface area contributed by atoms with E-state index in [4.69, 9.17) is 4.74 Å². The van der Waals surface area contributed by atoms with E-state index in [9.17, 15) is 14.4 Å². The van der Waals surface area contributed by atoms with Gasteiger partial charge in [0.1, 0.15) is 17.9 Å². The second kappa shape index (κ2) is 10.3. The van der Waals surface area contributed by atoms with E-state index in [-0.39, 0.29) is 5.57 Å². The van der Waals surface area contributed by atoms with Crippen molar-refractivity contribution in [3.05, 3.63) is 95.0 Å². The Hall–Kier alpha value is -2.25. The van der Waals surface area contributed by atoms with E-state index < -0.39 is 17.8 Å². The number of halogens is 3. The number of hydrogen-bond acceptors (Lipinski definition) is 4. The van der Waals surface area contributed by atoms with E-state index in [1.807, 2.05) is 42.5 Å². The van der Waals surface area contributed by atoms with Gasteiger partial charge in [-0.25, -0.2) is 9.69 Å². The molecule has 166 valence electrons. The van der Waals surface area contributed by atoms with Crippen molar-refractivity contribution in [2.75, 3.05) is 4.90 Å². The van der Waals surface area contributed by atoms with Crippen molar-refractivity contribution in [1.29, 1.82) is 0 Å². The van der Waals surface area contributed by atoms with E-state index in [1.165, 1.54) is 6.08 Å². The SMILES string of the molecule is O=C1NC(=O)N(c2cccc(Br)c2)C(=O)/C1=C/c1cc(I)c(OCc2ccccc2)c(I)c1. The summed E-state index contributed by atoms with van der Waals surface area (Å²) in [6.07, 6.45) is 1.49. The van der Waals surface area contributed by atoms with Gasteiger partial charge in [-0.1, -0.05) is 52.3 Å². The average Bonchev–Trinajstić information content (AvgIpc) is 2.77. The van der Waals surface area contributed by atoms with Gasteiger partial charge in [0.2, 0.25) is 0 Å². The number of ether oxygens (including phenoxy) is 1. The third-order valence-corrected chi connectivity index (χ3v) is 6.82. The number of nitrogens with one attached hydrogen (secondary N) is 1. The van der Waals surface area contributed by atoms with Gasteiger partial charge in [0.05, 0.1) is 12.8 Å². The minimum Gasteiger partial charge on any atom is -0.487 e. The predicted molar refractivity (Wildman–Crippen MR) is 146 cm³/mol. The largest absolute Gasteiger partial charge is 0.487 e. The molecule has 0 saturated carbocycles. The molecule has 1 aliphatic heterocycles. The maximum absolute atomic E-state index is 13.1. The summed E-state index contributed by atoms with van der Waals surface area (Å²) in [7, 11) is 0. The first-order valence-electron chi connectivity index (χ1n) is 9.66. The van der Waals surface area contributed by atoms with Crippen molar-refractivity contribution in [3.63, 3.8) is 0 Å². The van der Waals surface area contributed by atoms with Crippen LogP contribution in [-0.4, -0.2) is 17.8 Å². The molecule has 0 spiro atoms. The van der Waals surface area contributed by atoms with Gasteiger partial charge < -0.3 is 4.74 Å². The number of imide groups is 2.